The SMILES string of the molecule is CCCCCOCCOCCOCCOCCOCCOCCOCCOCCOCCC(=O)OC. The van der Waals surface area contributed by atoms with E-state index in [1.54, 1.807) is 0 Å². The van der Waals surface area contributed by atoms with E-state index in [2.05, 4.69) is 11.7 Å². The fraction of sp³-hybridized carbons (Fsp3) is 0.960. The molecular formula is C25H50O11. The van der Waals surface area contributed by atoms with E-state index in [1.165, 1.54) is 20.0 Å². The molecule has 0 radical (unpaired) electrons. The summed E-state index contributed by atoms with van der Waals surface area (Å²) in [5, 5.41) is 0. The number of esters is 1. The lowest BCUT2D eigenvalue weighted by atomic mass is 10.3. The highest BCUT2D eigenvalue weighted by Gasteiger charge is 1.99. The van der Waals surface area contributed by atoms with Gasteiger partial charge in [-0.25, -0.2) is 0 Å². The van der Waals surface area contributed by atoms with E-state index < -0.39 is 0 Å². The fourth-order valence-electron chi connectivity index (χ4n) is 2.57. The van der Waals surface area contributed by atoms with Gasteiger partial charge in [0.25, 0.3) is 0 Å². The highest BCUT2D eigenvalue weighted by molar-refractivity contribution is 5.69. The Labute approximate surface area is 217 Å². The molecule has 0 atom stereocenters. The number of methoxy groups -OCH3 is 1. The molecule has 0 aliphatic heterocycles. The Kier molecular flexibility index (Phi) is 31.3. The summed E-state index contributed by atoms with van der Waals surface area (Å²) >= 11 is 0. The first-order valence-corrected chi connectivity index (χ1v) is 13.1. The van der Waals surface area contributed by atoms with E-state index in [9.17, 15) is 4.79 Å². The van der Waals surface area contributed by atoms with Crippen molar-refractivity contribution in [2.75, 3.05) is 126 Å². The van der Waals surface area contributed by atoms with Crippen molar-refractivity contribution >= 4 is 5.97 Å². The summed E-state index contributed by atoms with van der Waals surface area (Å²) in [4.78, 5) is 10.9. The second kappa shape index (κ2) is 32.1. The summed E-state index contributed by atoms with van der Waals surface area (Å²) in [6.45, 7) is 11.7. The molecule has 0 heterocycles. The van der Waals surface area contributed by atoms with Crippen molar-refractivity contribution < 1.29 is 52.2 Å². The number of ether oxygens (including phenoxy) is 10. The number of unbranched alkanes of at least 4 members (excludes halogenated alkanes) is 2. The molecule has 0 fully saturated rings. The van der Waals surface area contributed by atoms with E-state index in [0.29, 0.717) is 112 Å². The number of hydrogen-bond donors (Lipinski definition) is 0. The first kappa shape index (κ1) is 35.1. The van der Waals surface area contributed by atoms with Crippen LogP contribution in [0.4, 0.5) is 0 Å². The van der Waals surface area contributed by atoms with Gasteiger partial charge in [0.1, 0.15) is 0 Å². The zero-order valence-electron chi connectivity index (χ0n) is 22.5. The van der Waals surface area contributed by atoms with Crippen LogP contribution in [0.2, 0.25) is 0 Å². The van der Waals surface area contributed by atoms with E-state index >= 15 is 0 Å². The molecule has 0 aliphatic rings. The first-order chi connectivity index (χ1) is 17.8. The van der Waals surface area contributed by atoms with Crippen LogP contribution in [0, 0.1) is 0 Å². The molecule has 0 spiro atoms. The van der Waals surface area contributed by atoms with E-state index in [-0.39, 0.29) is 12.4 Å². The molecule has 11 heteroatoms. The average Bonchev–Trinajstić information content (AvgIpc) is 2.89. The van der Waals surface area contributed by atoms with Crippen molar-refractivity contribution in [3.63, 3.8) is 0 Å². The predicted molar refractivity (Wildman–Crippen MR) is 134 cm³/mol. The molecule has 0 aromatic heterocycles. The summed E-state index contributed by atoms with van der Waals surface area (Å²) in [5.41, 5.74) is 0. The summed E-state index contributed by atoms with van der Waals surface area (Å²) < 4.78 is 53.2. The zero-order chi connectivity index (χ0) is 26.2. The van der Waals surface area contributed by atoms with E-state index in [4.69, 9.17) is 42.6 Å². The van der Waals surface area contributed by atoms with Crippen molar-refractivity contribution in [2.45, 2.75) is 32.6 Å². The Morgan fingerprint density at radius 2 is 0.694 bits per heavy atom. The minimum atomic E-state index is -0.281. The minimum absolute atomic E-state index is 0.251. The van der Waals surface area contributed by atoms with Gasteiger partial charge in [-0.3, -0.25) is 4.79 Å². The van der Waals surface area contributed by atoms with Gasteiger partial charge in [-0.2, -0.15) is 0 Å². The Morgan fingerprint density at radius 1 is 0.417 bits per heavy atom. The standard InChI is InChI=1S/C25H50O11/c1-3-4-5-7-28-9-11-30-13-15-32-17-19-34-21-23-36-24-22-35-20-18-33-16-14-31-12-10-29-8-6-25(26)27-2/h3-24H2,1-2H3. The van der Waals surface area contributed by atoms with Crippen molar-refractivity contribution in [1.29, 1.82) is 0 Å². The average molecular weight is 527 g/mol. The Hall–Kier alpha value is -0.890. The Bertz CT molecular complexity index is 427. The largest absolute Gasteiger partial charge is 0.469 e. The van der Waals surface area contributed by atoms with Gasteiger partial charge in [-0.05, 0) is 6.42 Å². The summed E-state index contributed by atoms with van der Waals surface area (Å²) in [5.74, 6) is -0.281. The minimum Gasteiger partial charge on any atom is -0.469 e. The van der Waals surface area contributed by atoms with Crippen LogP contribution in [-0.4, -0.2) is 132 Å². The molecule has 0 rings (SSSR count). The van der Waals surface area contributed by atoms with Crippen LogP contribution in [0.25, 0.3) is 0 Å². The van der Waals surface area contributed by atoms with Crippen molar-refractivity contribution in [3.05, 3.63) is 0 Å². The quantitative estimate of drug-likeness (QED) is 0.0976. The van der Waals surface area contributed by atoms with Crippen molar-refractivity contribution in [1.82, 2.24) is 0 Å². The molecule has 0 amide bonds. The summed E-state index contributed by atoms with van der Waals surface area (Å²) in [6.07, 6.45) is 3.79. The smallest absolute Gasteiger partial charge is 0.307 e. The lowest BCUT2D eigenvalue weighted by Gasteiger charge is -2.09. The highest BCUT2D eigenvalue weighted by Crippen LogP contribution is 1.94. The van der Waals surface area contributed by atoms with Gasteiger partial charge in [0.15, 0.2) is 0 Å². The third-order valence-electron chi connectivity index (χ3n) is 4.55. The van der Waals surface area contributed by atoms with Crippen LogP contribution >= 0.6 is 0 Å². The zero-order valence-corrected chi connectivity index (χ0v) is 22.5. The second-order valence-electron chi connectivity index (χ2n) is 7.54. The van der Waals surface area contributed by atoms with Crippen LogP contribution < -0.4 is 0 Å². The molecule has 11 nitrogen and oxygen atoms in total. The Balaban J connectivity index is 3.03. The summed E-state index contributed by atoms with van der Waals surface area (Å²) in [6, 6.07) is 0. The van der Waals surface area contributed by atoms with E-state index in [1.807, 2.05) is 0 Å². The third-order valence-corrected chi connectivity index (χ3v) is 4.55. The molecule has 0 saturated heterocycles. The van der Waals surface area contributed by atoms with Crippen molar-refractivity contribution in [2.24, 2.45) is 0 Å². The number of carbonyl (C=O) groups excluding carboxylic acids is 1. The summed E-state index contributed by atoms with van der Waals surface area (Å²) in [7, 11) is 1.35. The molecule has 216 valence electrons. The van der Waals surface area contributed by atoms with Gasteiger partial charge < -0.3 is 47.4 Å². The Morgan fingerprint density at radius 3 is 0.972 bits per heavy atom. The monoisotopic (exact) mass is 526 g/mol. The molecule has 0 N–H and O–H groups in total. The second-order valence-corrected chi connectivity index (χ2v) is 7.54. The van der Waals surface area contributed by atoms with Gasteiger partial charge in [0.05, 0.1) is 126 Å². The third kappa shape index (κ3) is 31.1. The first-order valence-electron chi connectivity index (χ1n) is 13.1. The molecule has 0 bridgehead atoms. The van der Waals surface area contributed by atoms with Crippen LogP contribution in [0.5, 0.6) is 0 Å². The van der Waals surface area contributed by atoms with Crippen LogP contribution in [0.15, 0.2) is 0 Å². The van der Waals surface area contributed by atoms with Crippen LogP contribution in [0.3, 0.4) is 0 Å². The fourth-order valence-corrected chi connectivity index (χ4v) is 2.57. The lowest BCUT2D eigenvalue weighted by Crippen LogP contribution is -2.15. The normalized spacial score (nSPS) is 11.3. The van der Waals surface area contributed by atoms with Gasteiger partial charge in [0.2, 0.25) is 0 Å². The van der Waals surface area contributed by atoms with Gasteiger partial charge in [-0.1, -0.05) is 19.8 Å². The maximum Gasteiger partial charge on any atom is 0.307 e. The van der Waals surface area contributed by atoms with Crippen LogP contribution in [-0.2, 0) is 52.2 Å². The van der Waals surface area contributed by atoms with Crippen LogP contribution in [0.1, 0.15) is 32.6 Å². The topological polar surface area (TPSA) is 109 Å². The van der Waals surface area contributed by atoms with Gasteiger partial charge in [-0.15, -0.1) is 0 Å². The van der Waals surface area contributed by atoms with Crippen molar-refractivity contribution in [3.8, 4) is 0 Å². The molecule has 0 aromatic rings. The molecular weight excluding hydrogens is 476 g/mol. The lowest BCUT2D eigenvalue weighted by molar-refractivity contribution is -0.141. The number of hydrogen-bond acceptors (Lipinski definition) is 11. The van der Waals surface area contributed by atoms with E-state index in [0.717, 1.165) is 13.0 Å². The number of rotatable bonds is 31. The highest BCUT2D eigenvalue weighted by atomic mass is 16.6. The van der Waals surface area contributed by atoms with Gasteiger partial charge >= 0.3 is 5.97 Å². The van der Waals surface area contributed by atoms with Gasteiger partial charge in [0, 0.05) is 6.61 Å². The maximum absolute atomic E-state index is 10.9. The molecule has 0 unspecified atom stereocenters. The maximum atomic E-state index is 10.9. The molecule has 0 saturated carbocycles. The molecule has 36 heavy (non-hydrogen) atoms. The molecule has 0 aromatic carbocycles. The predicted octanol–water partition coefficient (Wildman–Crippen LogP) is 1.89. The number of carbonyl (C=O) groups is 1. The molecule has 0 aliphatic carbocycles.